The molecule has 5 atom stereocenters. The maximum absolute atomic E-state index is 12.8. The van der Waals surface area contributed by atoms with Gasteiger partial charge < -0.3 is 9.64 Å². The molecule has 1 heterocycles. The molecule has 2 aromatic carbocycles. The van der Waals surface area contributed by atoms with Gasteiger partial charge in [0.15, 0.2) is 0 Å². The Labute approximate surface area is 197 Å². The molecule has 1 saturated heterocycles. The van der Waals surface area contributed by atoms with E-state index < -0.39 is 0 Å². The van der Waals surface area contributed by atoms with Crippen LogP contribution in [0.4, 0.5) is 0 Å². The number of benzene rings is 2. The van der Waals surface area contributed by atoms with E-state index >= 15 is 0 Å². The second kappa shape index (κ2) is 9.32. The molecule has 4 heteroatoms. The van der Waals surface area contributed by atoms with Crippen LogP contribution in [0.3, 0.4) is 0 Å². The van der Waals surface area contributed by atoms with Crippen LogP contribution in [-0.4, -0.2) is 29.4 Å². The molecule has 33 heavy (non-hydrogen) atoms. The molecule has 2 aromatic rings. The molecule has 6 rings (SSSR count). The Balaban J connectivity index is 1.37. The second-order valence-electron chi connectivity index (χ2n) is 10.4. The topological polar surface area (TPSA) is 46.6 Å². The smallest absolute Gasteiger partial charge is 0.306 e. The molecular formula is C29H35NO3. The molecule has 3 aliphatic carbocycles. The largest absolute Gasteiger partial charge is 0.466 e. The number of carbonyl (C=O) groups is 2. The molecule has 0 N–H and O–H groups in total. The molecule has 0 radical (unpaired) electrons. The number of likely N-dealkylation sites (tertiary alicyclic amines) is 1. The van der Waals surface area contributed by atoms with Gasteiger partial charge in [-0.25, -0.2) is 0 Å². The molecule has 4 fully saturated rings. The highest BCUT2D eigenvalue weighted by Crippen LogP contribution is 2.68. The van der Waals surface area contributed by atoms with Gasteiger partial charge in [-0.3, -0.25) is 9.59 Å². The number of hydrogen-bond donors (Lipinski definition) is 0. The third-order valence-corrected chi connectivity index (χ3v) is 8.34. The first-order valence-corrected chi connectivity index (χ1v) is 12.6. The van der Waals surface area contributed by atoms with Gasteiger partial charge in [0.25, 0.3) is 0 Å². The van der Waals surface area contributed by atoms with Gasteiger partial charge in [-0.05, 0) is 73.3 Å². The zero-order chi connectivity index (χ0) is 22.8. The van der Waals surface area contributed by atoms with E-state index in [0.29, 0.717) is 43.7 Å². The molecule has 4 nitrogen and oxygen atoms in total. The third-order valence-electron chi connectivity index (χ3n) is 8.34. The van der Waals surface area contributed by atoms with E-state index in [1.807, 2.05) is 25.1 Å². The molecular weight excluding hydrogens is 410 g/mol. The van der Waals surface area contributed by atoms with Crippen LogP contribution in [0.15, 0.2) is 60.7 Å². The van der Waals surface area contributed by atoms with Gasteiger partial charge in [0.2, 0.25) is 5.91 Å². The maximum Gasteiger partial charge on any atom is 0.306 e. The maximum atomic E-state index is 12.8. The summed E-state index contributed by atoms with van der Waals surface area (Å²) in [7, 11) is 0. The predicted molar refractivity (Wildman–Crippen MR) is 128 cm³/mol. The number of fused-ring (bicyclic) bond motifs is 2. The average molecular weight is 446 g/mol. The van der Waals surface area contributed by atoms with Crippen LogP contribution < -0.4 is 0 Å². The van der Waals surface area contributed by atoms with Gasteiger partial charge in [0, 0.05) is 25.4 Å². The van der Waals surface area contributed by atoms with Crippen molar-refractivity contribution in [1.29, 1.82) is 0 Å². The monoisotopic (exact) mass is 445 g/mol. The zero-order valence-corrected chi connectivity index (χ0v) is 19.6. The summed E-state index contributed by atoms with van der Waals surface area (Å²) < 4.78 is 5.28. The fourth-order valence-corrected chi connectivity index (χ4v) is 7.29. The summed E-state index contributed by atoms with van der Waals surface area (Å²) in [6.45, 7) is 3.03. The fourth-order valence-electron chi connectivity index (χ4n) is 7.29. The first kappa shape index (κ1) is 22.2. The van der Waals surface area contributed by atoms with Crippen LogP contribution in [0.1, 0.15) is 68.9 Å². The van der Waals surface area contributed by atoms with Crippen molar-refractivity contribution in [3.05, 3.63) is 71.8 Å². The second-order valence-corrected chi connectivity index (χ2v) is 10.4. The van der Waals surface area contributed by atoms with Crippen molar-refractivity contribution >= 4 is 11.9 Å². The number of nitrogens with zero attached hydrogens (tertiary/aromatic N) is 1. The van der Waals surface area contributed by atoms with Crippen molar-refractivity contribution in [1.82, 2.24) is 4.90 Å². The van der Waals surface area contributed by atoms with E-state index in [-0.39, 0.29) is 23.3 Å². The molecule has 3 saturated carbocycles. The first-order chi connectivity index (χ1) is 16.1. The van der Waals surface area contributed by atoms with Crippen LogP contribution in [0.25, 0.3) is 0 Å². The van der Waals surface area contributed by atoms with Crippen molar-refractivity contribution < 1.29 is 14.3 Å². The number of carbonyl (C=O) groups excluding carboxylic acids is 2. The van der Waals surface area contributed by atoms with Crippen molar-refractivity contribution in [2.45, 2.75) is 70.4 Å². The lowest BCUT2D eigenvalue weighted by Crippen LogP contribution is -2.55. The van der Waals surface area contributed by atoms with Gasteiger partial charge in [-0.2, -0.15) is 0 Å². The van der Waals surface area contributed by atoms with E-state index in [9.17, 15) is 9.59 Å². The van der Waals surface area contributed by atoms with E-state index in [4.69, 9.17) is 4.74 Å². The van der Waals surface area contributed by atoms with Crippen LogP contribution in [-0.2, 0) is 20.9 Å². The lowest BCUT2D eigenvalue weighted by molar-refractivity contribution is -0.148. The molecule has 0 spiro atoms. The molecule has 174 valence electrons. The third kappa shape index (κ3) is 4.45. The molecule has 2 unspecified atom stereocenters. The average Bonchev–Trinajstić information content (AvgIpc) is 3.14. The molecule has 4 aliphatic rings. The van der Waals surface area contributed by atoms with Gasteiger partial charge in [-0.1, -0.05) is 60.7 Å². The van der Waals surface area contributed by atoms with Gasteiger partial charge in [0.05, 0.1) is 6.61 Å². The summed E-state index contributed by atoms with van der Waals surface area (Å²) in [4.78, 5) is 27.2. The summed E-state index contributed by atoms with van der Waals surface area (Å²) in [5.74, 6) is 1.78. The minimum Gasteiger partial charge on any atom is -0.466 e. The van der Waals surface area contributed by atoms with Crippen LogP contribution in [0.5, 0.6) is 0 Å². The minimum absolute atomic E-state index is 0.0584. The Morgan fingerprint density at radius 1 is 1.06 bits per heavy atom. The Bertz CT molecular complexity index is 975. The number of rotatable bonds is 8. The first-order valence-electron chi connectivity index (χ1n) is 12.6. The van der Waals surface area contributed by atoms with E-state index in [1.165, 1.54) is 17.5 Å². The summed E-state index contributed by atoms with van der Waals surface area (Å²) in [6.07, 6.45) is 6.56. The van der Waals surface area contributed by atoms with E-state index in [0.717, 1.165) is 25.7 Å². The van der Waals surface area contributed by atoms with Crippen molar-refractivity contribution in [3.8, 4) is 0 Å². The lowest BCUT2D eigenvalue weighted by atomic mass is 9.42. The normalized spacial score (nSPS) is 30.7. The number of hydrogen-bond acceptors (Lipinski definition) is 3. The van der Waals surface area contributed by atoms with Crippen LogP contribution >= 0.6 is 0 Å². The van der Waals surface area contributed by atoms with E-state index in [2.05, 4.69) is 47.4 Å². The van der Waals surface area contributed by atoms with E-state index in [1.54, 1.807) is 0 Å². The Morgan fingerprint density at radius 2 is 1.79 bits per heavy atom. The standard InChI is InChI=1S/C29H35NO3/c1-2-33-27(32)16-22-15-24-18-29(17-22,28(24)23-11-7-4-8-12-23)19-25-13-14-26(31)30(25)20-21-9-5-3-6-10-21/h3-12,22,24-25,28H,2,13-20H2,1H3/t22-,24?,25+,28?,29-/m1/s1. The number of esters is 1. The van der Waals surface area contributed by atoms with Gasteiger partial charge >= 0.3 is 5.97 Å². The summed E-state index contributed by atoms with van der Waals surface area (Å²) in [6, 6.07) is 21.6. The van der Waals surface area contributed by atoms with Crippen molar-refractivity contribution in [3.63, 3.8) is 0 Å². The number of amides is 1. The predicted octanol–water partition coefficient (Wildman–Crippen LogP) is 5.72. The minimum atomic E-state index is -0.0584. The summed E-state index contributed by atoms with van der Waals surface area (Å²) >= 11 is 0. The Hall–Kier alpha value is -2.62. The Kier molecular flexibility index (Phi) is 6.27. The van der Waals surface area contributed by atoms with Gasteiger partial charge in [0.1, 0.15) is 0 Å². The van der Waals surface area contributed by atoms with Crippen molar-refractivity contribution in [2.24, 2.45) is 17.3 Å². The highest BCUT2D eigenvalue weighted by Gasteiger charge is 2.59. The van der Waals surface area contributed by atoms with Crippen LogP contribution in [0.2, 0.25) is 0 Å². The summed E-state index contributed by atoms with van der Waals surface area (Å²) in [5, 5.41) is 0. The van der Waals surface area contributed by atoms with Crippen molar-refractivity contribution in [2.75, 3.05) is 6.61 Å². The Morgan fingerprint density at radius 3 is 2.52 bits per heavy atom. The summed E-state index contributed by atoms with van der Waals surface area (Å²) in [5.41, 5.74) is 2.80. The zero-order valence-electron chi connectivity index (χ0n) is 19.6. The number of ether oxygens (including phenoxy) is 1. The highest BCUT2D eigenvalue weighted by atomic mass is 16.5. The molecule has 1 aliphatic heterocycles. The SMILES string of the molecule is CCOC(=O)C[C@H]1CC2C[C@@](C[C@@H]3CCC(=O)N3Cc3ccccc3)(C1)C2c1ccccc1. The highest BCUT2D eigenvalue weighted by molar-refractivity contribution is 5.78. The van der Waals surface area contributed by atoms with Crippen LogP contribution in [0, 0.1) is 17.3 Å². The molecule has 2 bridgehead atoms. The lowest BCUT2D eigenvalue weighted by Gasteiger charge is -2.63. The molecule has 1 amide bonds. The molecule has 0 aromatic heterocycles. The van der Waals surface area contributed by atoms with Gasteiger partial charge in [-0.15, -0.1) is 0 Å². The quantitative estimate of drug-likeness (QED) is 0.488. The fraction of sp³-hybridized carbons (Fsp3) is 0.517.